The fourth-order valence-corrected chi connectivity index (χ4v) is 1.03. The molecular formula is C10H24N3+. The molecule has 0 rings (SSSR count). The number of hydrogen-bond acceptors (Lipinski definition) is 2. The summed E-state index contributed by atoms with van der Waals surface area (Å²) >= 11 is 0. The molecule has 0 amide bonds. The van der Waals surface area contributed by atoms with E-state index in [4.69, 9.17) is 5.84 Å². The van der Waals surface area contributed by atoms with Crippen LogP contribution in [0.4, 0.5) is 0 Å². The highest BCUT2D eigenvalue weighted by atomic mass is 15.5. The van der Waals surface area contributed by atoms with E-state index < -0.39 is 0 Å². The minimum atomic E-state index is 0.564. The van der Waals surface area contributed by atoms with Gasteiger partial charge in [0.25, 0.3) is 0 Å². The normalized spacial score (nSPS) is 11.4. The highest BCUT2D eigenvalue weighted by Crippen LogP contribution is 1.95. The van der Waals surface area contributed by atoms with E-state index in [-0.39, 0.29) is 0 Å². The van der Waals surface area contributed by atoms with Crippen LogP contribution in [-0.2, 0) is 0 Å². The Balaban J connectivity index is 3.22. The average molecular weight is 186 g/mol. The second kappa shape index (κ2) is 6.00. The zero-order valence-corrected chi connectivity index (χ0v) is 9.27. The van der Waals surface area contributed by atoms with E-state index in [2.05, 4.69) is 18.8 Å². The Hall–Kier alpha value is -0.540. The van der Waals surface area contributed by atoms with E-state index in [1.807, 2.05) is 14.1 Å². The minimum Gasteiger partial charge on any atom is -0.389 e. The Morgan fingerprint density at radius 2 is 2.00 bits per heavy atom. The van der Waals surface area contributed by atoms with Gasteiger partial charge < -0.3 is 5.32 Å². The van der Waals surface area contributed by atoms with E-state index in [1.165, 1.54) is 0 Å². The Bertz CT molecular complexity index is 147. The smallest absolute Gasteiger partial charge is 0.0956 e. The molecular weight excluding hydrogens is 162 g/mol. The number of nitrogens with one attached hydrogen (secondary N) is 1. The first kappa shape index (κ1) is 12.5. The SMILES string of the molecule is C=C(CC)NCCCC[N+](C)(C)N. The summed E-state index contributed by atoms with van der Waals surface area (Å²) in [6, 6.07) is 0. The first-order chi connectivity index (χ1) is 5.95. The molecule has 3 N–H and O–H groups in total. The van der Waals surface area contributed by atoms with E-state index in [0.717, 1.165) is 38.0 Å². The average Bonchev–Trinajstić information content (AvgIpc) is 2.01. The molecule has 0 radical (unpaired) electrons. The summed E-state index contributed by atoms with van der Waals surface area (Å²) in [5.74, 6) is 5.80. The Morgan fingerprint density at radius 3 is 2.46 bits per heavy atom. The maximum absolute atomic E-state index is 5.80. The summed E-state index contributed by atoms with van der Waals surface area (Å²) in [6.45, 7) is 8.03. The molecule has 0 spiro atoms. The Morgan fingerprint density at radius 1 is 1.38 bits per heavy atom. The molecule has 0 aromatic carbocycles. The molecule has 0 aliphatic carbocycles. The summed E-state index contributed by atoms with van der Waals surface area (Å²) < 4.78 is 0.564. The highest BCUT2D eigenvalue weighted by molar-refractivity contribution is 4.88. The van der Waals surface area contributed by atoms with Gasteiger partial charge in [0.1, 0.15) is 0 Å². The Labute approximate surface area is 82.2 Å². The highest BCUT2D eigenvalue weighted by Gasteiger charge is 2.06. The standard InChI is InChI=1S/C10H24N3/c1-5-10(2)12-8-6-7-9-13(3,4)11/h12H,2,5-9,11H2,1,3-4H3/q+1. The predicted octanol–water partition coefficient (Wildman–Crippen LogP) is 1.23. The number of rotatable bonds is 7. The molecule has 0 bridgehead atoms. The first-order valence-electron chi connectivity index (χ1n) is 4.99. The molecule has 3 nitrogen and oxygen atoms in total. The van der Waals surface area contributed by atoms with Crippen LogP contribution >= 0.6 is 0 Å². The van der Waals surface area contributed by atoms with Crippen LogP contribution in [0.3, 0.4) is 0 Å². The van der Waals surface area contributed by atoms with Crippen molar-refractivity contribution in [1.29, 1.82) is 0 Å². The quantitative estimate of drug-likeness (QED) is 0.272. The van der Waals surface area contributed by atoms with Crippen LogP contribution in [-0.4, -0.2) is 31.8 Å². The first-order valence-corrected chi connectivity index (χ1v) is 4.99. The lowest BCUT2D eigenvalue weighted by Gasteiger charge is -2.22. The molecule has 13 heavy (non-hydrogen) atoms. The van der Waals surface area contributed by atoms with Crippen molar-refractivity contribution in [3.8, 4) is 0 Å². The fourth-order valence-electron chi connectivity index (χ4n) is 1.03. The van der Waals surface area contributed by atoms with Crippen LogP contribution in [0.15, 0.2) is 12.3 Å². The van der Waals surface area contributed by atoms with Gasteiger partial charge in [-0.2, -0.15) is 5.84 Å². The zero-order valence-electron chi connectivity index (χ0n) is 9.27. The largest absolute Gasteiger partial charge is 0.389 e. The molecule has 0 saturated carbocycles. The van der Waals surface area contributed by atoms with Crippen molar-refractivity contribution in [2.45, 2.75) is 26.2 Å². The van der Waals surface area contributed by atoms with E-state index in [1.54, 1.807) is 0 Å². The number of allylic oxidation sites excluding steroid dienone is 1. The molecule has 0 aromatic heterocycles. The second-order valence-electron chi connectivity index (χ2n) is 4.09. The van der Waals surface area contributed by atoms with Crippen molar-refractivity contribution in [2.24, 2.45) is 5.84 Å². The van der Waals surface area contributed by atoms with E-state index in [9.17, 15) is 0 Å². The fraction of sp³-hybridized carbons (Fsp3) is 0.800. The number of quaternary nitrogens is 1. The van der Waals surface area contributed by atoms with E-state index >= 15 is 0 Å². The molecule has 3 heteroatoms. The molecule has 0 aromatic rings. The van der Waals surface area contributed by atoms with Crippen LogP contribution < -0.4 is 11.2 Å². The van der Waals surface area contributed by atoms with Gasteiger partial charge in [0.2, 0.25) is 0 Å². The molecule has 0 heterocycles. The van der Waals surface area contributed by atoms with Gasteiger partial charge in [-0.15, -0.1) is 0 Å². The van der Waals surface area contributed by atoms with Gasteiger partial charge in [-0.3, -0.25) is 4.59 Å². The van der Waals surface area contributed by atoms with E-state index in [0.29, 0.717) is 4.59 Å². The number of hydrogen-bond donors (Lipinski definition) is 2. The van der Waals surface area contributed by atoms with Crippen molar-refractivity contribution in [1.82, 2.24) is 5.32 Å². The molecule has 0 aliphatic heterocycles. The van der Waals surface area contributed by atoms with Crippen LogP contribution in [0.2, 0.25) is 0 Å². The maximum atomic E-state index is 5.80. The number of nitrogens with two attached hydrogens (primary N) is 1. The predicted molar refractivity (Wildman–Crippen MR) is 57.8 cm³/mol. The monoisotopic (exact) mass is 186 g/mol. The third-order valence-corrected chi connectivity index (χ3v) is 1.96. The van der Waals surface area contributed by atoms with Crippen LogP contribution in [0.25, 0.3) is 0 Å². The lowest BCUT2D eigenvalue weighted by molar-refractivity contribution is -0.902. The van der Waals surface area contributed by atoms with Crippen molar-refractivity contribution >= 4 is 0 Å². The van der Waals surface area contributed by atoms with Gasteiger partial charge in [0.15, 0.2) is 0 Å². The summed E-state index contributed by atoms with van der Waals surface area (Å²) in [5, 5.41) is 3.28. The van der Waals surface area contributed by atoms with Gasteiger partial charge in [0.05, 0.1) is 20.6 Å². The van der Waals surface area contributed by atoms with Crippen molar-refractivity contribution < 1.29 is 4.59 Å². The lowest BCUT2D eigenvalue weighted by Crippen LogP contribution is -2.47. The van der Waals surface area contributed by atoms with Gasteiger partial charge in [-0.05, 0) is 19.3 Å². The molecule has 0 aliphatic rings. The number of unbranched alkanes of at least 4 members (excludes halogenated alkanes) is 1. The van der Waals surface area contributed by atoms with Gasteiger partial charge in [0, 0.05) is 12.2 Å². The maximum Gasteiger partial charge on any atom is 0.0956 e. The van der Waals surface area contributed by atoms with Crippen molar-refractivity contribution in [2.75, 3.05) is 27.2 Å². The van der Waals surface area contributed by atoms with Gasteiger partial charge >= 0.3 is 0 Å². The summed E-state index contributed by atoms with van der Waals surface area (Å²) in [6.07, 6.45) is 3.34. The summed E-state index contributed by atoms with van der Waals surface area (Å²) in [5.41, 5.74) is 1.13. The van der Waals surface area contributed by atoms with Crippen LogP contribution in [0, 0.1) is 0 Å². The zero-order chi connectivity index (χ0) is 10.3. The molecule has 0 fully saturated rings. The third-order valence-electron chi connectivity index (χ3n) is 1.96. The molecule has 78 valence electrons. The third kappa shape index (κ3) is 9.37. The summed E-state index contributed by atoms with van der Waals surface area (Å²) in [4.78, 5) is 0. The van der Waals surface area contributed by atoms with Gasteiger partial charge in [-0.1, -0.05) is 13.5 Å². The molecule has 0 saturated heterocycles. The second-order valence-corrected chi connectivity index (χ2v) is 4.09. The summed E-state index contributed by atoms with van der Waals surface area (Å²) in [7, 11) is 4.02. The van der Waals surface area contributed by atoms with Crippen molar-refractivity contribution in [3.05, 3.63) is 12.3 Å². The van der Waals surface area contributed by atoms with Crippen molar-refractivity contribution in [3.63, 3.8) is 0 Å². The molecule has 0 unspecified atom stereocenters. The van der Waals surface area contributed by atoms with Crippen LogP contribution in [0.5, 0.6) is 0 Å². The Kier molecular flexibility index (Phi) is 5.75. The lowest BCUT2D eigenvalue weighted by atomic mass is 10.3. The topological polar surface area (TPSA) is 38.0 Å². The van der Waals surface area contributed by atoms with Crippen LogP contribution in [0.1, 0.15) is 26.2 Å². The molecule has 0 atom stereocenters. The van der Waals surface area contributed by atoms with Gasteiger partial charge in [-0.25, -0.2) is 0 Å². The minimum absolute atomic E-state index is 0.564. The number of nitrogens with zero attached hydrogens (tertiary/aromatic N) is 1.